The quantitative estimate of drug-likeness (QED) is 0.581. The van der Waals surface area contributed by atoms with Crippen molar-refractivity contribution >= 4 is 33.3 Å². The number of carboxylic acid groups (broad SMARTS) is 1. The van der Waals surface area contributed by atoms with E-state index in [1.807, 2.05) is 23.5 Å². The number of thiophene rings is 1. The lowest BCUT2D eigenvalue weighted by atomic mass is 9.90. The van der Waals surface area contributed by atoms with E-state index in [1.54, 1.807) is 18.5 Å². The van der Waals surface area contributed by atoms with E-state index in [1.165, 1.54) is 28.7 Å². The van der Waals surface area contributed by atoms with Gasteiger partial charge < -0.3 is 10.4 Å². The van der Waals surface area contributed by atoms with Crippen molar-refractivity contribution in [1.82, 2.24) is 14.9 Å². The van der Waals surface area contributed by atoms with Crippen LogP contribution >= 0.6 is 11.3 Å². The summed E-state index contributed by atoms with van der Waals surface area (Å²) in [5.41, 5.74) is 2.88. The van der Waals surface area contributed by atoms with E-state index in [2.05, 4.69) is 27.2 Å². The highest BCUT2D eigenvalue weighted by atomic mass is 32.1. The van der Waals surface area contributed by atoms with Crippen LogP contribution in [0.1, 0.15) is 58.5 Å². The van der Waals surface area contributed by atoms with Crippen LogP contribution in [0.2, 0.25) is 0 Å². The molecule has 2 N–H and O–H groups in total. The Morgan fingerprint density at radius 2 is 2.06 bits per heavy atom. The average molecular weight is 437 g/mol. The van der Waals surface area contributed by atoms with Crippen molar-refractivity contribution in [2.24, 2.45) is 0 Å². The maximum Gasteiger partial charge on any atom is 0.335 e. The Hall–Kier alpha value is -2.51. The molecule has 1 fully saturated rings. The van der Waals surface area contributed by atoms with Gasteiger partial charge in [0, 0.05) is 23.5 Å². The largest absolute Gasteiger partial charge is 0.478 e. The van der Waals surface area contributed by atoms with Gasteiger partial charge in [0.25, 0.3) is 0 Å². The van der Waals surface area contributed by atoms with E-state index in [4.69, 9.17) is 0 Å². The van der Waals surface area contributed by atoms with Crippen LogP contribution in [0, 0.1) is 0 Å². The molecule has 31 heavy (non-hydrogen) atoms. The van der Waals surface area contributed by atoms with Gasteiger partial charge in [0.05, 0.1) is 10.9 Å². The molecule has 1 aromatic carbocycles. The van der Waals surface area contributed by atoms with Crippen LogP contribution in [0.4, 0.5) is 5.82 Å². The highest BCUT2D eigenvalue weighted by Crippen LogP contribution is 2.39. The van der Waals surface area contributed by atoms with Crippen molar-refractivity contribution in [3.05, 3.63) is 52.2 Å². The Morgan fingerprint density at radius 3 is 2.87 bits per heavy atom. The molecule has 6 nitrogen and oxygen atoms in total. The first-order valence-corrected chi connectivity index (χ1v) is 11.9. The maximum atomic E-state index is 11.2. The van der Waals surface area contributed by atoms with Crippen molar-refractivity contribution < 1.29 is 9.90 Å². The predicted molar refractivity (Wildman–Crippen MR) is 124 cm³/mol. The molecule has 0 radical (unpaired) electrons. The summed E-state index contributed by atoms with van der Waals surface area (Å²) < 4.78 is 0. The Labute approximate surface area is 186 Å². The van der Waals surface area contributed by atoms with Gasteiger partial charge in [-0.2, -0.15) is 0 Å². The van der Waals surface area contributed by atoms with Crippen molar-refractivity contribution in [1.29, 1.82) is 0 Å². The predicted octanol–water partition coefficient (Wildman–Crippen LogP) is 4.73. The van der Waals surface area contributed by atoms with Gasteiger partial charge in [0.15, 0.2) is 0 Å². The summed E-state index contributed by atoms with van der Waals surface area (Å²) in [5, 5.41) is 14.2. The van der Waals surface area contributed by atoms with Crippen molar-refractivity contribution in [3.63, 3.8) is 0 Å². The lowest BCUT2D eigenvalue weighted by molar-refractivity contribution is 0.0696. The molecule has 0 saturated heterocycles. The van der Waals surface area contributed by atoms with E-state index in [-0.39, 0.29) is 0 Å². The molecular weight excluding hydrogens is 408 g/mol. The minimum atomic E-state index is -0.869. The number of nitrogens with one attached hydrogen (secondary N) is 1. The molecule has 2 aromatic heterocycles. The summed E-state index contributed by atoms with van der Waals surface area (Å²) >= 11 is 1.84. The third-order valence-corrected chi connectivity index (χ3v) is 7.97. The molecule has 2 heterocycles. The minimum Gasteiger partial charge on any atom is -0.478 e. The summed E-state index contributed by atoms with van der Waals surface area (Å²) in [7, 11) is 2.15. The zero-order valence-electron chi connectivity index (χ0n) is 17.8. The Balaban J connectivity index is 1.21. The first-order valence-electron chi connectivity index (χ1n) is 11.1. The molecule has 0 bridgehead atoms. The van der Waals surface area contributed by atoms with Crippen LogP contribution in [0.5, 0.6) is 0 Å². The standard InChI is InChI=1S/C24H28N4O2S/c1-28(13-15-4-2-5-16(12-15)24(29)30)18-10-8-17(9-11-18)27-22-21-19-6-3-7-20(19)31-23(21)26-14-25-22/h2,4-5,12,14,17-18H,3,6-11,13H2,1H3,(H,29,30)(H,25,26,27). The number of fused-ring (bicyclic) bond motifs is 3. The van der Waals surface area contributed by atoms with Crippen LogP contribution in [0.25, 0.3) is 10.2 Å². The summed E-state index contributed by atoms with van der Waals surface area (Å²) in [4.78, 5) is 25.3. The number of aromatic carboxylic acids is 1. The highest BCUT2D eigenvalue weighted by Gasteiger charge is 2.26. The number of anilines is 1. The number of benzene rings is 1. The van der Waals surface area contributed by atoms with E-state index < -0.39 is 5.97 Å². The van der Waals surface area contributed by atoms with E-state index in [9.17, 15) is 9.90 Å². The molecule has 0 unspecified atom stereocenters. The van der Waals surface area contributed by atoms with Crippen molar-refractivity contribution in [2.45, 2.75) is 63.6 Å². The number of aromatic nitrogens is 2. The Morgan fingerprint density at radius 1 is 1.23 bits per heavy atom. The van der Waals surface area contributed by atoms with Gasteiger partial charge in [-0.1, -0.05) is 12.1 Å². The number of nitrogens with zero attached hydrogens (tertiary/aromatic N) is 3. The first kappa shape index (κ1) is 20.4. The Kier molecular flexibility index (Phi) is 5.63. The molecule has 162 valence electrons. The number of aryl methyl sites for hydroxylation is 2. The second-order valence-electron chi connectivity index (χ2n) is 8.83. The molecule has 2 aliphatic carbocycles. The molecular formula is C24H28N4O2S. The normalized spacial score (nSPS) is 20.8. The summed E-state index contributed by atoms with van der Waals surface area (Å²) in [6, 6.07) is 8.23. The van der Waals surface area contributed by atoms with E-state index >= 15 is 0 Å². The van der Waals surface area contributed by atoms with Crippen LogP contribution in [-0.2, 0) is 19.4 Å². The zero-order valence-corrected chi connectivity index (χ0v) is 18.6. The van der Waals surface area contributed by atoms with Gasteiger partial charge in [-0.3, -0.25) is 4.90 Å². The fourth-order valence-corrected chi connectivity index (χ4v) is 6.34. The fraction of sp³-hybridized carbons (Fsp3) is 0.458. The van der Waals surface area contributed by atoms with Gasteiger partial charge in [0.2, 0.25) is 0 Å². The Bertz CT molecular complexity index is 1100. The lowest BCUT2D eigenvalue weighted by Gasteiger charge is -2.35. The lowest BCUT2D eigenvalue weighted by Crippen LogP contribution is -2.38. The SMILES string of the molecule is CN(Cc1cccc(C(=O)O)c1)C1CCC(Nc2ncnc3sc4c(c23)CCC4)CC1. The van der Waals surface area contributed by atoms with Gasteiger partial charge in [0.1, 0.15) is 17.0 Å². The van der Waals surface area contributed by atoms with Gasteiger partial charge in [-0.05, 0) is 75.3 Å². The van der Waals surface area contributed by atoms with E-state index in [0.29, 0.717) is 17.6 Å². The summed E-state index contributed by atoms with van der Waals surface area (Å²) in [6.07, 6.45) is 9.76. The summed E-state index contributed by atoms with van der Waals surface area (Å²) in [6.45, 7) is 0.775. The number of hydrogen-bond acceptors (Lipinski definition) is 6. The third-order valence-electron chi connectivity index (χ3n) is 6.77. The molecule has 3 aromatic rings. The van der Waals surface area contributed by atoms with Crippen LogP contribution in [0.15, 0.2) is 30.6 Å². The van der Waals surface area contributed by atoms with Gasteiger partial charge in [-0.25, -0.2) is 14.8 Å². The molecule has 1 saturated carbocycles. The van der Waals surface area contributed by atoms with E-state index in [0.717, 1.165) is 54.9 Å². The second kappa shape index (κ2) is 8.55. The first-order chi connectivity index (χ1) is 15.1. The summed E-state index contributed by atoms with van der Waals surface area (Å²) in [5.74, 6) is 0.151. The third kappa shape index (κ3) is 4.16. The smallest absolute Gasteiger partial charge is 0.335 e. The monoisotopic (exact) mass is 436 g/mol. The topological polar surface area (TPSA) is 78.4 Å². The second-order valence-corrected chi connectivity index (χ2v) is 9.91. The van der Waals surface area contributed by atoms with Crippen molar-refractivity contribution in [3.8, 4) is 0 Å². The zero-order chi connectivity index (χ0) is 21.4. The van der Waals surface area contributed by atoms with Gasteiger partial charge in [-0.15, -0.1) is 11.3 Å². The molecule has 0 aliphatic heterocycles. The number of carboxylic acids is 1. The number of carbonyl (C=O) groups is 1. The molecule has 0 atom stereocenters. The highest BCUT2D eigenvalue weighted by molar-refractivity contribution is 7.19. The maximum absolute atomic E-state index is 11.2. The molecule has 0 spiro atoms. The number of hydrogen-bond donors (Lipinski definition) is 2. The molecule has 2 aliphatic rings. The van der Waals surface area contributed by atoms with Crippen LogP contribution < -0.4 is 5.32 Å². The average Bonchev–Trinajstić information content (AvgIpc) is 3.36. The van der Waals surface area contributed by atoms with Crippen LogP contribution in [-0.4, -0.2) is 45.1 Å². The van der Waals surface area contributed by atoms with Gasteiger partial charge >= 0.3 is 5.97 Å². The number of rotatable bonds is 6. The molecule has 0 amide bonds. The minimum absolute atomic E-state index is 0.356. The van der Waals surface area contributed by atoms with Crippen LogP contribution in [0.3, 0.4) is 0 Å². The molecule has 7 heteroatoms. The molecule has 5 rings (SSSR count). The van der Waals surface area contributed by atoms with Crippen molar-refractivity contribution in [2.75, 3.05) is 12.4 Å². The fourth-order valence-electron chi connectivity index (χ4n) is 5.11.